The highest BCUT2D eigenvalue weighted by Crippen LogP contribution is 2.34. The molecule has 0 aliphatic carbocycles. The summed E-state index contributed by atoms with van der Waals surface area (Å²) in [7, 11) is 0. The first-order valence-electron chi connectivity index (χ1n) is 9.22. The number of hydrogen-bond donors (Lipinski definition) is 0. The SMILES string of the molecule is CC(C)(C)OC(=O)N1C2C=C(c3ccc(-c4ccno4)cc3)CC1COC2. The third kappa shape index (κ3) is 3.76. The summed E-state index contributed by atoms with van der Waals surface area (Å²) in [5, 5.41) is 3.75. The van der Waals surface area contributed by atoms with Gasteiger partial charge < -0.3 is 14.0 Å². The third-order valence-electron chi connectivity index (χ3n) is 4.78. The van der Waals surface area contributed by atoms with Crippen molar-refractivity contribution in [3.63, 3.8) is 0 Å². The van der Waals surface area contributed by atoms with Gasteiger partial charge in [0.15, 0.2) is 5.76 Å². The van der Waals surface area contributed by atoms with Crippen LogP contribution in [0.15, 0.2) is 47.1 Å². The van der Waals surface area contributed by atoms with Crippen LogP contribution in [0.1, 0.15) is 32.8 Å². The van der Waals surface area contributed by atoms with Gasteiger partial charge in [0.25, 0.3) is 0 Å². The van der Waals surface area contributed by atoms with E-state index in [-0.39, 0.29) is 18.2 Å². The molecule has 0 saturated carbocycles. The lowest BCUT2D eigenvalue weighted by molar-refractivity contribution is -0.0510. The fourth-order valence-corrected chi connectivity index (χ4v) is 3.62. The van der Waals surface area contributed by atoms with Gasteiger partial charge in [-0.25, -0.2) is 4.79 Å². The van der Waals surface area contributed by atoms with Gasteiger partial charge in [-0.1, -0.05) is 35.5 Å². The Morgan fingerprint density at radius 2 is 1.89 bits per heavy atom. The maximum atomic E-state index is 12.6. The van der Waals surface area contributed by atoms with Crippen molar-refractivity contribution >= 4 is 11.7 Å². The highest BCUT2D eigenvalue weighted by atomic mass is 16.6. The molecule has 0 spiro atoms. The maximum Gasteiger partial charge on any atom is 0.411 e. The molecule has 2 atom stereocenters. The largest absolute Gasteiger partial charge is 0.444 e. The van der Waals surface area contributed by atoms with Crippen molar-refractivity contribution in [3.05, 3.63) is 48.2 Å². The Morgan fingerprint density at radius 1 is 1.15 bits per heavy atom. The van der Waals surface area contributed by atoms with Gasteiger partial charge in [0.2, 0.25) is 0 Å². The van der Waals surface area contributed by atoms with E-state index in [1.54, 1.807) is 6.20 Å². The molecule has 2 aliphatic heterocycles. The minimum atomic E-state index is -0.507. The normalized spacial score (nSPS) is 22.3. The van der Waals surface area contributed by atoms with Crippen molar-refractivity contribution in [2.24, 2.45) is 0 Å². The van der Waals surface area contributed by atoms with E-state index in [9.17, 15) is 4.79 Å². The number of ether oxygens (including phenoxy) is 2. The molecule has 2 bridgehead atoms. The first kappa shape index (κ1) is 17.8. The summed E-state index contributed by atoms with van der Waals surface area (Å²) in [5.74, 6) is 0.751. The Hall–Kier alpha value is -2.60. The van der Waals surface area contributed by atoms with E-state index in [2.05, 4.69) is 23.4 Å². The second-order valence-corrected chi connectivity index (χ2v) is 8.00. The summed E-state index contributed by atoms with van der Waals surface area (Å²) in [6.45, 7) is 6.69. The van der Waals surface area contributed by atoms with Crippen LogP contribution in [-0.2, 0) is 9.47 Å². The molecular formula is C21H24N2O4. The average Bonchev–Trinajstić information content (AvgIpc) is 3.14. The Balaban J connectivity index is 1.56. The van der Waals surface area contributed by atoms with Crippen LogP contribution in [0.5, 0.6) is 0 Å². The average molecular weight is 368 g/mol. The van der Waals surface area contributed by atoms with E-state index in [0.717, 1.165) is 23.3 Å². The van der Waals surface area contributed by atoms with Gasteiger partial charge in [-0.05, 0) is 38.3 Å². The molecule has 2 aromatic rings. The van der Waals surface area contributed by atoms with Crippen molar-refractivity contribution in [3.8, 4) is 11.3 Å². The van der Waals surface area contributed by atoms with Crippen LogP contribution in [-0.4, -0.2) is 47.0 Å². The predicted octanol–water partition coefficient (Wildman–Crippen LogP) is 4.13. The molecule has 4 rings (SSSR count). The van der Waals surface area contributed by atoms with Crippen LogP contribution in [0.2, 0.25) is 0 Å². The van der Waals surface area contributed by atoms with E-state index in [0.29, 0.717) is 13.2 Å². The van der Waals surface area contributed by atoms with Gasteiger partial charge >= 0.3 is 6.09 Å². The fraction of sp³-hybridized carbons (Fsp3) is 0.429. The molecule has 1 aromatic carbocycles. The second kappa shape index (κ2) is 6.85. The lowest BCUT2D eigenvalue weighted by Crippen LogP contribution is -2.57. The number of carbonyl (C=O) groups is 1. The number of nitrogens with zero attached hydrogens (tertiary/aromatic N) is 2. The standard InChI is InChI=1S/C21H24N2O4/c1-21(2,3)26-20(24)23-17-10-16(11-18(23)13-25-12-17)14-4-6-15(7-5-14)19-8-9-22-27-19/h4-10,17-18H,11-13H2,1-3H3. The van der Waals surface area contributed by atoms with Gasteiger partial charge in [0.1, 0.15) is 5.60 Å². The number of benzene rings is 1. The summed E-state index contributed by atoms with van der Waals surface area (Å²) in [4.78, 5) is 14.5. The van der Waals surface area contributed by atoms with Crippen molar-refractivity contribution in [1.29, 1.82) is 0 Å². The Morgan fingerprint density at radius 3 is 2.52 bits per heavy atom. The van der Waals surface area contributed by atoms with E-state index in [4.69, 9.17) is 14.0 Å². The van der Waals surface area contributed by atoms with Gasteiger partial charge in [-0.3, -0.25) is 4.90 Å². The van der Waals surface area contributed by atoms with Crippen LogP contribution in [0.4, 0.5) is 4.79 Å². The van der Waals surface area contributed by atoms with Crippen molar-refractivity contribution in [2.45, 2.75) is 44.9 Å². The fourth-order valence-electron chi connectivity index (χ4n) is 3.62. The molecule has 6 heteroatoms. The molecule has 6 nitrogen and oxygen atoms in total. The lowest BCUT2D eigenvalue weighted by atomic mass is 9.89. The third-order valence-corrected chi connectivity index (χ3v) is 4.78. The number of hydrogen-bond acceptors (Lipinski definition) is 5. The zero-order chi connectivity index (χ0) is 19.0. The van der Waals surface area contributed by atoms with Crippen LogP contribution in [0.25, 0.3) is 16.9 Å². The molecule has 0 radical (unpaired) electrons. The number of rotatable bonds is 2. The highest BCUT2D eigenvalue weighted by Gasteiger charge is 2.40. The maximum absolute atomic E-state index is 12.6. The highest BCUT2D eigenvalue weighted by molar-refractivity contribution is 5.75. The molecule has 2 unspecified atom stereocenters. The zero-order valence-corrected chi connectivity index (χ0v) is 15.8. The summed E-state index contributed by atoms with van der Waals surface area (Å²) in [6, 6.07) is 9.97. The zero-order valence-electron chi connectivity index (χ0n) is 15.8. The van der Waals surface area contributed by atoms with Crippen molar-refractivity contribution in [1.82, 2.24) is 10.1 Å². The lowest BCUT2D eigenvalue weighted by Gasteiger charge is -2.44. The Labute approximate surface area is 158 Å². The smallest absolute Gasteiger partial charge is 0.411 e. The van der Waals surface area contributed by atoms with E-state index in [1.807, 2.05) is 43.9 Å². The monoisotopic (exact) mass is 368 g/mol. The van der Waals surface area contributed by atoms with E-state index < -0.39 is 5.60 Å². The summed E-state index contributed by atoms with van der Waals surface area (Å²) in [5.41, 5.74) is 2.87. The first-order chi connectivity index (χ1) is 12.9. The molecule has 3 heterocycles. The number of amides is 1. The number of fused-ring (bicyclic) bond motifs is 2. The van der Waals surface area contributed by atoms with Crippen LogP contribution >= 0.6 is 0 Å². The quantitative estimate of drug-likeness (QED) is 0.797. The van der Waals surface area contributed by atoms with Crippen LogP contribution in [0.3, 0.4) is 0 Å². The minimum Gasteiger partial charge on any atom is -0.444 e. The Bertz CT molecular complexity index is 834. The minimum absolute atomic E-state index is 0.00690. The molecule has 0 N–H and O–H groups in total. The van der Waals surface area contributed by atoms with Crippen molar-refractivity contribution in [2.75, 3.05) is 13.2 Å². The molecule has 1 aromatic heterocycles. The van der Waals surface area contributed by atoms with Crippen LogP contribution < -0.4 is 0 Å². The van der Waals surface area contributed by atoms with E-state index >= 15 is 0 Å². The van der Waals surface area contributed by atoms with Gasteiger partial charge in [-0.2, -0.15) is 0 Å². The summed E-state index contributed by atoms with van der Waals surface area (Å²) >= 11 is 0. The van der Waals surface area contributed by atoms with Gasteiger partial charge in [0.05, 0.1) is 31.5 Å². The molecular weight excluding hydrogens is 344 g/mol. The molecule has 142 valence electrons. The molecule has 2 aliphatic rings. The topological polar surface area (TPSA) is 64.8 Å². The van der Waals surface area contributed by atoms with Gasteiger partial charge in [0, 0.05) is 11.6 Å². The summed E-state index contributed by atoms with van der Waals surface area (Å²) in [6.07, 6.45) is 4.25. The van der Waals surface area contributed by atoms with Crippen molar-refractivity contribution < 1.29 is 18.8 Å². The molecule has 1 saturated heterocycles. The predicted molar refractivity (Wildman–Crippen MR) is 101 cm³/mol. The molecule has 27 heavy (non-hydrogen) atoms. The first-order valence-corrected chi connectivity index (χ1v) is 9.22. The summed E-state index contributed by atoms with van der Waals surface area (Å²) < 4.78 is 16.5. The van der Waals surface area contributed by atoms with Crippen LogP contribution in [0, 0.1) is 0 Å². The second-order valence-electron chi connectivity index (χ2n) is 8.00. The molecule has 1 amide bonds. The van der Waals surface area contributed by atoms with Gasteiger partial charge in [-0.15, -0.1) is 0 Å². The molecule has 1 fully saturated rings. The number of carbonyl (C=O) groups excluding carboxylic acids is 1. The number of morpholine rings is 1. The number of aromatic nitrogens is 1. The van der Waals surface area contributed by atoms with E-state index in [1.165, 1.54) is 5.57 Å². The Kier molecular flexibility index (Phi) is 4.52.